The van der Waals surface area contributed by atoms with Crippen LogP contribution in [0, 0.1) is 0 Å². The first-order chi connectivity index (χ1) is 12.0. The van der Waals surface area contributed by atoms with Crippen molar-refractivity contribution in [1.29, 1.82) is 0 Å². The molecule has 1 aromatic carbocycles. The van der Waals surface area contributed by atoms with Crippen molar-refractivity contribution in [3.05, 3.63) is 41.1 Å². The third-order valence-electron chi connectivity index (χ3n) is 3.80. The number of thioether (sulfide) groups is 1. The molecular weight excluding hydrogens is 346 g/mol. The fourth-order valence-corrected chi connectivity index (χ4v) is 3.89. The number of carbonyl (C=O) groups is 2. The highest BCUT2D eigenvalue weighted by Gasteiger charge is 2.53. The molecule has 2 heterocycles. The normalized spacial score (nSPS) is 23.1. The van der Waals surface area contributed by atoms with Crippen LogP contribution in [0.4, 0.5) is 0 Å². The smallest absolute Gasteiger partial charge is 0.353 e. The minimum Gasteiger partial charge on any atom is -0.507 e. The number of benzene rings is 1. The predicted molar refractivity (Wildman–Crippen MR) is 92.7 cm³/mol. The van der Waals surface area contributed by atoms with E-state index in [9.17, 15) is 19.8 Å². The van der Waals surface area contributed by atoms with E-state index in [0.29, 0.717) is 16.9 Å². The summed E-state index contributed by atoms with van der Waals surface area (Å²) < 4.78 is 0. The summed E-state index contributed by atoms with van der Waals surface area (Å²) in [7, 11) is 1.36. The summed E-state index contributed by atoms with van der Waals surface area (Å²) in [4.78, 5) is 34.0. The zero-order valence-electron chi connectivity index (χ0n) is 13.2. The molecular formula is C16H15N3O5S. The van der Waals surface area contributed by atoms with Crippen molar-refractivity contribution in [1.82, 2.24) is 4.90 Å². The highest BCUT2D eigenvalue weighted by Crippen LogP contribution is 2.41. The number of aliphatic imine (C=N–C) groups is 1. The topological polar surface area (TPSA) is 112 Å². The molecule has 1 fully saturated rings. The van der Waals surface area contributed by atoms with Crippen LogP contribution in [0.5, 0.6) is 5.75 Å². The molecule has 25 heavy (non-hydrogen) atoms. The SMILES string of the molecule is CO/N=C/C1=C(C(=O)O)N2C(=O)[C@@H](N=Cc3ccccc3O)[C@H]2SC1. The molecule has 2 N–H and O–H groups in total. The number of hydrogen-bond donors (Lipinski definition) is 2. The number of rotatable bonds is 5. The monoisotopic (exact) mass is 361 g/mol. The molecule has 1 aromatic rings. The predicted octanol–water partition coefficient (Wildman–Crippen LogP) is 1.07. The minimum absolute atomic E-state index is 0.0651. The molecule has 130 valence electrons. The van der Waals surface area contributed by atoms with Gasteiger partial charge in [0.05, 0.1) is 6.21 Å². The number of para-hydroxylation sites is 1. The summed E-state index contributed by atoms with van der Waals surface area (Å²) in [6, 6.07) is 5.96. The summed E-state index contributed by atoms with van der Waals surface area (Å²) in [5.41, 5.74) is 0.812. The van der Waals surface area contributed by atoms with Crippen molar-refractivity contribution in [2.24, 2.45) is 10.1 Å². The largest absolute Gasteiger partial charge is 0.507 e. The van der Waals surface area contributed by atoms with E-state index in [1.807, 2.05) is 0 Å². The van der Waals surface area contributed by atoms with Crippen molar-refractivity contribution in [2.45, 2.75) is 11.4 Å². The Kier molecular flexibility index (Phi) is 4.75. The number of fused-ring (bicyclic) bond motifs is 1. The van der Waals surface area contributed by atoms with E-state index >= 15 is 0 Å². The molecule has 0 saturated carbocycles. The first kappa shape index (κ1) is 17.0. The second kappa shape index (κ2) is 6.98. The molecule has 0 spiro atoms. The summed E-state index contributed by atoms with van der Waals surface area (Å²) in [6.45, 7) is 0. The molecule has 2 aliphatic rings. The molecule has 2 aliphatic heterocycles. The Morgan fingerprint density at radius 1 is 1.40 bits per heavy atom. The number of aliphatic carboxylic acids is 1. The molecule has 0 unspecified atom stereocenters. The third-order valence-corrected chi connectivity index (χ3v) is 5.09. The van der Waals surface area contributed by atoms with Gasteiger partial charge in [-0.2, -0.15) is 0 Å². The molecule has 9 heteroatoms. The molecule has 2 atom stereocenters. The van der Waals surface area contributed by atoms with E-state index in [1.165, 1.54) is 42.3 Å². The molecule has 0 radical (unpaired) electrons. The number of aromatic hydroxyl groups is 1. The number of carboxylic acids is 1. The van der Waals surface area contributed by atoms with E-state index in [2.05, 4.69) is 15.0 Å². The van der Waals surface area contributed by atoms with Crippen molar-refractivity contribution in [3.63, 3.8) is 0 Å². The van der Waals surface area contributed by atoms with Gasteiger partial charge in [-0.15, -0.1) is 11.8 Å². The third kappa shape index (κ3) is 3.10. The number of phenols is 1. The molecule has 1 amide bonds. The average molecular weight is 361 g/mol. The van der Waals surface area contributed by atoms with Crippen LogP contribution in [0.15, 0.2) is 45.7 Å². The molecule has 0 aromatic heterocycles. The van der Waals surface area contributed by atoms with Gasteiger partial charge in [0.25, 0.3) is 5.91 Å². The van der Waals surface area contributed by atoms with Gasteiger partial charge in [0.15, 0.2) is 6.04 Å². The fraction of sp³-hybridized carbons (Fsp3) is 0.250. The van der Waals surface area contributed by atoms with Gasteiger partial charge in [0.1, 0.15) is 23.9 Å². The van der Waals surface area contributed by atoms with Gasteiger partial charge in [-0.3, -0.25) is 14.7 Å². The summed E-state index contributed by atoms with van der Waals surface area (Å²) in [5, 5.41) is 22.4. The Morgan fingerprint density at radius 3 is 2.84 bits per heavy atom. The highest BCUT2D eigenvalue weighted by atomic mass is 32.2. The van der Waals surface area contributed by atoms with E-state index in [-0.39, 0.29) is 16.8 Å². The van der Waals surface area contributed by atoms with Crippen LogP contribution >= 0.6 is 11.8 Å². The summed E-state index contributed by atoms with van der Waals surface area (Å²) in [6.07, 6.45) is 2.74. The second-order valence-corrected chi connectivity index (χ2v) is 6.39. The lowest BCUT2D eigenvalue weighted by Crippen LogP contribution is -2.64. The van der Waals surface area contributed by atoms with E-state index < -0.39 is 17.9 Å². The Morgan fingerprint density at radius 2 is 2.16 bits per heavy atom. The van der Waals surface area contributed by atoms with E-state index in [1.54, 1.807) is 18.2 Å². The van der Waals surface area contributed by atoms with Gasteiger partial charge >= 0.3 is 5.97 Å². The quantitative estimate of drug-likeness (QED) is 0.461. The van der Waals surface area contributed by atoms with Gasteiger partial charge < -0.3 is 15.1 Å². The van der Waals surface area contributed by atoms with E-state index in [4.69, 9.17) is 0 Å². The number of carboxylic acid groups (broad SMARTS) is 1. The van der Waals surface area contributed by atoms with Gasteiger partial charge in [-0.05, 0) is 12.1 Å². The number of β-lactam (4-membered cyclic amide) rings is 1. The van der Waals surface area contributed by atoms with Crippen LogP contribution in [0.3, 0.4) is 0 Å². The Labute approximate surface area is 147 Å². The van der Waals surface area contributed by atoms with Crippen molar-refractivity contribution < 1.29 is 24.6 Å². The van der Waals surface area contributed by atoms with Crippen LogP contribution < -0.4 is 0 Å². The van der Waals surface area contributed by atoms with Crippen LogP contribution in [0.1, 0.15) is 5.56 Å². The number of carbonyl (C=O) groups excluding carboxylic acids is 1. The van der Waals surface area contributed by atoms with Crippen LogP contribution in [0.2, 0.25) is 0 Å². The molecule has 0 aliphatic carbocycles. The lowest BCUT2D eigenvalue weighted by molar-refractivity contribution is -0.147. The van der Waals surface area contributed by atoms with Crippen LogP contribution in [-0.4, -0.2) is 63.7 Å². The lowest BCUT2D eigenvalue weighted by Gasteiger charge is -2.47. The van der Waals surface area contributed by atoms with Gasteiger partial charge in [0, 0.05) is 23.1 Å². The van der Waals surface area contributed by atoms with Crippen molar-refractivity contribution in [2.75, 3.05) is 12.9 Å². The Balaban J connectivity index is 1.83. The highest BCUT2D eigenvalue weighted by molar-refractivity contribution is 8.00. The van der Waals surface area contributed by atoms with Gasteiger partial charge in [-0.1, -0.05) is 17.3 Å². The summed E-state index contributed by atoms with van der Waals surface area (Å²) >= 11 is 1.40. The minimum atomic E-state index is -1.20. The van der Waals surface area contributed by atoms with Gasteiger partial charge in [0.2, 0.25) is 0 Å². The maximum Gasteiger partial charge on any atom is 0.353 e. The zero-order chi connectivity index (χ0) is 18.0. The summed E-state index contributed by atoms with van der Waals surface area (Å²) in [5.74, 6) is -1.15. The average Bonchev–Trinajstić information content (AvgIpc) is 2.60. The fourth-order valence-electron chi connectivity index (χ4n) is 2.60. The van der Waals surface area contributed by atoms with Gasteiger partial charge in [-0.25, -0.2) is 4.79 Å². The molecule has 3 rings (SSSR count). The Bertz CT molecular complexity index is 805. The number of hydrogen-bond acceptors (Lipinski definition) is 7. The zero-order valence-corrected chi connectivity index (χ0v) is 14.0. The lowest BCUT2D eigenvalue weighted by atomic mass is 10.0. The van der Waals surface area contributed by atoms with Crippen LogP contribution in [0.25, 0.3) is 0 Å². The number of amides is 1. The Hall–Kier alpha value is -2.81. The van der Waals surface area contributed by atoms with E-state index in [0.717, 1.165) is 0 Å². The second-order valence-electron chi connectivity index (χ2n) is 5.29. The standard InChI is InChI=1S/C16H15N3O5S/c1-24-18-7-10-8-25-15-12(14(21)19(15)13(10)16(22)23)17-6-9-4-2-3-5-11(9)20/h2-7,12,15,20H,8H2,1H3,(H,22,23)/b17-6?,18-7+/t12-,15-/m1/s1. The molecule has 1 saturated heterocycles. The first-order valence-electron chi connectivity index (χ1n) is 7.33. The van der Waals surface area contributed by atoms with Crippen molar-refractivity contribution in [3.8, 4) is 5.75 Å². The first-order valence-corrected chi connectivity index (χ1v) is 8.38. The number of oxime groups is 1. The van der Waals surface area contributed by atoms with Crippen LogP contribution in [-0.2, 0) is 14.4 Å². The maximum absolute atomic E-state index is 12.4. The molecule has 8 nitrogen and oxygen atoms in total. The maximum atomic E-state index is 12.4. The van der Waals surface area contributed by atoms with Crippen molar-refractivity contribution >= 4 is 36.1 Å². The molecule has 0 bridgehead atoms. The number of phenolic OH excluding ortho intramolecular Hbond substituents is 1. The number of nitrogens with zero attached hydrogens (tertiary/aromatic N) is 3.